The number of carbonyl (C=O) groups is 1. The average molecular weight is 454 g/mol. The van der Waals surface area contributed by atoms with Gasteiger partial charge in [-0.1, -0.05) is 11.3 Å². The summed E-state index contributed by atoms with van der Waals surface area (Å²) in [5.41, 5.74) is 0.913. The Kier molecular flexibility index (Phi) is 7.32. The number of methoxy groups -OCH3 is 1. The molecule has 0 atom stereocenters. The van der Waals surface area contributed by atoms with Gasteiger partial charge in [-0.3, -0.25) is 9.59 Å². The minimum Gasteiger partial charge on any atom is -0.497 e. The molecule has 0 aliphatic carbocycles. The van der Waals surface area contributed by atoms with Gasteiger partial charge in [-0.15, -0.1) is 0 Å². The zero-order valence-corrected chi connectivity index (χ0v) is 18.8. The van der Waals surface area contributed by atoms with E-state index in [1.807, 2.05) is 12.3 Å². The number of nitrogens with one attached hydrogen (secondary N) is 1. The molecule has 164 valence electrons. The maximum absolute atomic E-state index is 12.8. The Balaban J connectivity index is 1.45. The van der Waals surface area contributed by atoms with Crippen LogP contribution in [0.1, 0.15) is 31.4 Å². The Hall–Kier alpha value is -2.17. The lowest BCUT2D eigenvalue weighted by Crippen LogP contribution is -2.46. The van der Waals surface area contributed by atoms with Gasteiger partial charge in [-0.25, -0.2) is 8.42 Å². The van der Waals surface area contributed by atoms with Crippen LogP contribution in [0.2, 0.25) is 0 Å². The number of hydrogen-bond acceptors (Lipinski definition) is 6. The summed E-state index contributed by atoms with van der Waals surface area (Å²) in [5.74, 6) is 0.543. The predicted octanol–water partition coefficient (Wildman–Crippen LogP) is 1.98. The maximum atomic E-state index is 12.8. The van der Waals surface area contributed by atoms with Gasteiger partial charge in [0.1, 0.15) is 5.75 Å². The number of aromatic nitrogens is 1. The molecule has 1 fully saturated rings. The lowest BCUT2D eigenvalue weighted by atomic mass is 10.1. The van der Waals surface area contributed by atoms with E-state index in [0.29, 0.717) is 51.1 Å². The highest BCUT2D eigenvalue weighted by Crippen LogP contribution is 2.23. The second-order valence-corrected chi connectivity index (χ2v) is 10.1. The van der Waals surface area contributed by atoms with Crippen LogP contribution in [-0.4, -0.2) is 49.4 Å². The van der Waals surface area contributed by atoms with Crippen molar-refractivity contribution in [3.63, 3.8) is 0 Å². The third-order valence-corrected chi connectivity index (χ3v) is 8.07. The van der Waals surface area contributed by atoms with E-state index < -0.39 is 10.0 Å². The molecule has 0 spiro atoms. The number of benzene rings is 1. The molecule has 1 N–H and O–H groups in total. The lowest BCUT2D eigenvalue weighted by molar-refractivity contribution is -0.122. The van der Waals surface area contributed by atoms with Crippen molar-refractivity contribution >= 4 is 27.3 Å². The molecule has 1 aliphatic heterocycles. The second kappa shape index (κ2) is 9.76. The zero-order valence-electron chi connectivity index (χ0n) is 17.2. The number of nitrogens with zero attached hydrogens (tertiary/aromatic N) is 2. The normalized spacial score (nSPS) is 15.8. The van der Waals surface area contributed by atoms with Crippen molar-refractivity contribution in [1.82, 2.24) is 14.2 Å². The van der Waals surface area contributed by atoms with Gasteiger partial charge in [0.2, 0.25) is 15.9 Å². The zero-order chi connectivity index (χ0) is 21.7. The summed E-state index contributed by atoms with van der Waals surface area (Å²) in [4.78, 5) is 24.2. The summed E-state index contributed by atoms with van der Waals surface area (Å²) in [6.07, 6.45) is 2.08. The minimum atomic E-state index is -3.55. The second-order valence-electron chi connectivity index (χ2n) is 7.32. The topological polar surface area (TPSA) is 97.7 Å². The van der Waals surface area contributed by atoms with Crippen molar-refractivity contribution in [1.29, 1.82) is 0 Å². The molecule has 2 aromatic rings. The van der Waals surface area contributed by atoms with Crippen LogP contribution >= 0.6 is 11.3 Å². The number of aryl methyl sites for hydroxylation is 1. The van der Waals surface area contributed by atoms with Crippen molar-refractivity contribution in [3.8, 4) is 5.75 Å². The largest absolute Gasteiger partial charge is 0.497 e. The number of amides is 1. The van der Waals surface area contributed by atoms with E-state index in [4.69, 9.17) is 4.74 Å². The quantitative estimate of drug-likeness (QED) is 0.659. The highest BCUT2D eigenvalue weighted by molar-refractivity contribution is 7.89. The van der Waals surface area contributed by atoms with Crippen LogP contribution in [0.15, 0.2) is 39.3 Å². The molecule has 10 heteroatoms. The van der Waals surface area contributed by atoms with Crippen molar-refractivity contribution in [2.75, 3.05) is 20.2 Å². The molecule has 8 nitrogen and oxygen atoms in total. The van der Waals surface area contributed by atoms with E-state index in [9.17, 15) is 18.0 Å². The maximum Gasteiger partial charge on any atom is 0.307 e. The SMILES string of the molecule is COc1ccc(S(=O)(=O)N2CCC(NC(=O)CCCn3c(C)csc3=O)CC2)cc1. The van der Waals surface area contributed by atoms with E-state index >= 15 is 0 Å². The van der Waals surface area contributed by atoms with Crippen LogP contribution in [0.25, 0.3) is 0 Å². The number of rotatable bonds is 8. The summed E-state index contributed by atoms with van der Waals surface area (Å²) in [6, 6.07) is 6.31. The first-order valence-electron chi connectivity index (χ1n) is 9.90. The molecule has 2 heterocycles. The van der Waals surface area contributed by atoms with E-state index in [0.717, 1.165) is 5.69 Å². The number of piperidine rings is 1. The molecule has 1 aliphatic rings. The molecule has 1 amide bonds. The van der Waals surface area contributed by atoms with Gasteiger partial charge >= 0.3 is 4.87 Å². The van der Waals surface area contributed by atoms with Crippen molar-refractivity contribution in [2.45, 2.75) is 50.1 Å². The fraction of sp³-hybridized carbons (Fsp3) is 0.500. The number of sulfonamides is 1. The Labute approximate surface area is 180 Å². The van der Waals surface area contributed by atoms with Gasteiger partial charge in [0.05, 0.1) is 12.0 Å². The van der Waals surface area contributed by atoms with Crippen LogP contribution in [0.4, 0.5) is 0 Å². The lowest BCUT2D eigenvalue weighted by Gasteiger charge is -2.31. The Morgan fingerprint density at radius 3 is 2.47 bits per heavy atom. The number of ether oxygens (including phenoxy) is 1. The van der Waals surface area contributed by atoms with E-state index in [2.05, 4.69) is 5.32 Å². The van der Waals surface area contributed by atoms with Crippen molar-refractivity contribution < 1.29 is 17.9 Å². The van der Waals surface area contributed by atoms with Gasteiger partial charge in [-0.2, -0.15) is 4.31 Å². The van der Waals surface area contributed by atoms with Gasteiger partial charge < -0.3 is 14.6 Å². The molecule has 30 heavy (non-hydrogen) atoms. The van der Waals surface area contributed by atoms with E-state index in [-0.39, 0.29) is 21.7 Å². The van der Waals surface area contributed by atoms with Crippen LogP contribution < -0.4 is 14.9 Å². The third kappa shape index (κ3) is 5.30. The van der Waals surface area contributed by atoms with Gasteiger partial charge in [-0.05, 0) is 50.5 Å². The predicted molar refractivity (Wildman–Crippen MR) is 115 cm³/mol. The number of hydrogen-bond donors (Lipinski definition) is 1. The van der Waals surface area contributed by atoms with Crippen LogP contribution in [-0.2, 0) is 21.4 Å². The highest BCUT2D eigenvalue weighted by atomic mass is 32.2. The number of carbonyl (C=O) groups excluding carboxylic acids is 1. The first-order valence-corrected chi connectivity index (χ1v) is 12.2. The summed E-state index contributed by atoms with van der Waals surface area (Å²) in [7, 11) is -2.02. The van der Waals surface area contributed by atoms with Crippen LogP contribution in [0.3, 0.4) is 0 Å². The van der Waals surface area contributed by atoms with Crippen LogP contribution in [0, 0.1) is 6.92 Å². The summed E-state index contributed by atoms with van der Waals surface area (Å²) >= 11 is 1.17. The molecule has 3 rings (SSSR count). The van der Waals surface area contributed by atoms with E-state index in [1.165, 1.54) is 22.8 Å². The average Bonchev–Trinajstić information content (AvgIpc) is 3.06. The molecule has 1 saturated heterocycles. The monoisotopic (exact) mass is 453 g/mol. The first-order chi connectivity index (χ1) is 14.3. The fourth-order valence-corrected chi connectivity index (χ4v) is 5.74. The number of thiazole rings is 1. The summed E-state index contributed by atoms with van der Waals surface area (Å²) < 4.78 is 33.8. The standard InChI is InChI=1S/C20H27N3O5S2/c1-15-14-29-20(25)23(15)11-3-4-19(24)21-16-9-12-22(13-10-16)30(26,27)18-7-5-17(28-2)6-8-18/h5-8,14,16H,3-4,9-13H2,1-2H3,(H,21,24). The van der Waals surface area contributed by atoms with Gasteiger partial charge in [0, 0.05) is 43.2 Å². The highest BCUT2D eigenvalue weighted by Gasteiger charge is 2.29. The molecular weight excluding hydrogens is 426 g/mol. The molecule has 0 bridgehead atoms. The van der Waals surface area contributed by atoms with Crippen molar-refractivity contribution in [3.05, 3.63) is 45.0 Å². The third-order valence-electron chi connectivity index (χ3n) is 5.28. The fourth-order valence-electron chi connectivity index (χ4n) is 3.51. The van der Waals surface area contributed by atoms with Crippen molar-refractivity contribution in [2.24, 2.45) is 0 Å². The summed E-state index contributed by atoms with van der Waals surface area (Å²) in [5, 5.41) is 4.81. The molecule has 1 aromatic heterocycles. The van der Waals surface area contributed by atoms with Crippen LogP contribution in [0.5, 0.6) is 5.75 Å². The molecule has 0 radical (unpaired) electrons. The molecule has 0 saturated carbocycles. The minimum absolute atomic E-state index is 0.00153. The van der Waals surface area contributed by atoms with Gasteiger partial charge in [0.15, 0.2) is 0 Å². The molecule has 1 aromatic carbocycles. The Morgan fingerprint density at radius 2 is 1.90 bits per heavy atom. The van der Waals surface area contributed by atoms with E-state index in [1.54, 1.807) is 28.8 Å². The Morgan fingerprint density at radius 1 is 1.23 bits per heavy atom. The van der Waals surface area contributed by atoms with Gasteiger partial charge in [0.25, 0.3) is 0 Å². The molecular formula is C20H27N3O5S2. The summed E-state index contributed by atoms with van der Waals surface area (Å²) in [6.45, 7) is 3.14. The Bertz CT molecular complexity index is 1020. The first kappa shape index (κ1) is 22.5. The molecule has 0 unspecified atom stereocenters. The smallest absolute Gasteiger partial charge is 0.307 e.